The first-order valence-electron chi connectivity index (χ1n) is 7.00. The molecule has 19 heavy (non-hydrogen) atoms. The van der Waals surface area contributed by atoms with Gasteiger partial charge in [0.2, 0.25) is 0 Å². The zero-order chi connectivity index (χ0) is 14.3. The summed E-state index contributed by atoms with van der Waals surface area (Å²) >= 11 is 0. The van der Waals surface area contributed by atoms with Crippen molar-refractivity contribution >= 4 is 0 Å². The van der Waals surface area contributed by atoms with Gasteiger partial charge in [0.1, 0.15) is 0 Å². The number of benzene rings is 1. The number of likely N-dealkylation sites (N-methyl/N-ethyl adjacent to an activating group) is 1. The van der Waals surface area contributed by atoms with Crippen LogP contribution in [0.25, 0.3) is 0 Å². The molecule has 108 valence electrons. The van der Waals surface area contributed by atoms with E-state index in [1.54, 1.807) is 0 Å². The summed E-state index contributed by atoms with van der Waals surface area (Å²) in [5, 5.41) is 3.34. The summed E-state index contributed by atoms with van der Waals surface area (Å²) in [4.78, 5) is 0. The Morgan fingerprint density at radius 3 is 2.16 bits per heavy atom. The number of rotatable bonds is 8. The molecule has 3 nitrogen and oxygen atoms in total. The predicted molar refractivity (Wildman–Crippen MR) is 79.8 cm³/mol. The SMILES string of the molecule is CCOCCOCC(NC)c1c(C)cc(C)cc1C. The van der Waals surface area contributed by atoms with E-state index in [0.29, 0.717) is 19.8 Å². The molecule has 0 aromatic heterocycles. The summed E-state index contributed by atoms with van der Waals surface area (Å²) in [6.07, 6.45) is 0. The van der Waals surface area contributed by atoms with Gasteiger partial charge in [0.25, 0.3) is 0 Å². The third-order valence-electron chi connectivity index (χ3n) is 3.30. The van der Waals surface area contributed by atoms with Crippen LogP contribution in [0.1, 0.15) is 35.2 Å². The van der Waals surface area contributed by atoms with Gasteiger partial charge in [0.05, 0.1) is 25.9 Å². The maximum Gasteiger partial charge on any atom is 0.0701 e. The Balaban J connectivity index is 2.64. The van der Waals surface area contributed by atoms with E-state index in [-0.39, 0.29) is 6.04 Å². The molecule has 3 heteroatoms. The lowest BCUT2D eigenvalue weighted by Gasteiger charge is -2.22. The zero-order valence-electron chi connectivity index (χ0n) is 12.9. The van der Waals surface area contributed by atoms with Crippen molar-refractivity contribution in [2.45, 2.75) is 33.7 Å². The number of nitrogens with one attached hydrogen (secondary N) is 1. The Morgan fingerprint density at radius 1 is 1.05 bits per heavy atom. The molecule has 0 aliphatic carbocycles. The maximum absolute atomic E-state index is 5.70. The van der Waals surface area contributed by atoms with Crippen LogP contribution >= 0.6 is 0 Å². The van der Waals surface area contributed by atoms with Crippen LogP contribution in [0, 0.1) is 20.8 Å². The van der Waals surface area contributed by atoms with Gasteiger partial charge in [-0.15, -0.1) is 0 Å². The Hall–Kier alpha value is -0.900. The van der Waals surface area contributed by atoms with Gasteiger partial charge < -0.3 is 14.8 Å². The van der Waals surface area contributed by atoms with E-state index in [0.717, 1.165) is 6.61 Å². The van der Waals surface area contributed by atoms with Crippen molar-refractivity contribution in [2.75, 3.05) is 33.5 Å². The summed E-state index contributed by atoms with van der Waals surface area (Å²) < 4.78 is 11.0. The van der Waals surface area contributed by atoms with Crippen LogP contribution in [-0.2, 0) is 9.47 Å². The van der Waals surface area contributed by atoms with Gasteiger partial charge in [-0.2, -0.15) is 0 Å². The monoisotopic (exact) mass is 265 g/mol. The highest BCUT2D eigenvalue weighted by Gasteiger charge is 2.14. The summed E-state index contributed by atoms with van der Waals surface area (Å²) in [5.41, 5.74) is 5.31. The van der Waals surface area contributed by atoms with Crippen LogP contribution in [-0.4, -0.2) is 33.5 Å². The van der Waals surface area contributed by atoms with Crippen molar-refractivity contribution in [3.8, 4) is 0 Å². The van der Waals surface area contributed by atoms with Crippen LogP contribution in [0.15, 0.2) is 12.1 Å². The Morgan fingerprint density at radius 2 is 1.63 bits per heavy atom. The molecule has 0 saturated heterocycles. The minimum absolute atomic E-state index is 0.238. The number of ether oxygens (including phenoxy) is 2. The van der Waals surface area contributed by atoms with E-state index in [1.165, 1.54) is 22.3 Å². The van der Waals surface area contributed by atoms with Crippen LogP contribution in [0.2, 0.25) is 0 Å². The van der Waals surface area contributed by atoms with E-state index >= 15 is 0 Å². The topological polar surface area (TPSA) is 30.5 Å². The molecule has 1 aromatic rings. The summed E-state index contributed by atoms with van der Waals surface area (Å²) in [6, 6.07) is 4.70. The Kier molecular flexibility index (Phi) is 7.06. The average molecular weight is 265 g/mol. The Bertz CT molecular complexity index is 367. The average Bonchev–Trinajstić information content (AvgIpc) is 2.35. The van der Waals surface area contributed by atoms with Crippen LogP contribution < -0.4 is 5.32 Å². The third kappa shape index (κ3) is 4.94. The van der Waals surface area contributed by atoms with Crippen molar-refractivity contribution in [2.24, 2.45) is 0 Å². The van der Waals surface area contributed by atoms with Crippen molar-refractivity contribution in [3.05, 3.63) is 34.4 Å². The quantitative estimate of drug-likeness (QED) is 0.733. The lowest BCUT2D eigenvalue weighted by Crippen LogP contribution is -2.24. The van der Waals surface area contributed by atoms with Crippen LogP contribution in [0.3, 0.4) is 0 Å². The summed E-state index contributed by atoms with van der Waals surface area (Å²) in [6.45, 7) is 11.2. The first-order valence-corrected chi connectivity index (χ1v) is 7.00. The van der Waals surface area contributed by atoms with Crippen molar-refractivity contribution in [1.82, 2.24) is 5.32 Å². The molecule has 1 unspecified atom stereocenters. The predicted octanol–water partition coefficient (Wildman–Crippen LogP) is 2.93. The molecule has 0 aliphatic rings. The molecule has 0 bridgehead atoms. The standard InChI is InChI=1S/C16H27NO2/c1-6-18-7-8-19-11-15(17-5)16-13(3)9-12(2)10-14(16)4/h9-10,15,17H,6-8,11H2,1-5H3. The molecule has 0 aliphatic heterocycles. The van der Waals surface area contributed by atoms with Gasteiger partial charge in [-0.25, -0.2) is 0 Å². The van der Waals surface area contributed by atoms with E-state index in [4.69, 9.17) is 9.47 Å². The number of aryl methyl sites for hydroxylation is 3. The van der Waals surface area contributed by atoms with Gasteiger partial charge in [0, 0.05) is 6.61 Å². The molecule has 0 amide bonds. The maximum atomic E-state index is 5.70. The smallest absolute Gasteiger partial charge is 0.0701 e. The second kappa shape index (κ2) is 8.31. The molecule has 1 atom stereocenters. The van der Waals surface area contributed by atoms with Gasteiger partial charge in [-0.3, -0.25) is 0 Å². The van der Waals surface area contributed by atoms with Crippen molar-refractivity contribution in [1.29, 1.82) is 0 Å². The molecule has 0 saturated carbocycles. The van der Waals surface area contributed by atoms with E-state index in [9.17, 15) is 0 Å². The largest absolute Gasteiger partial charge is 0.379 e. The van der Waals surface area contributed by atoms with Crippen molar-refractivity contribution in [3.63, 3.8) is 0 Å². The molecule has 0 fully saturated rings. The van der Waals surface area contributed by atoms with Crippen molar-refractivity contribution < 1.29 is 9.47 Å². The Labute approximate surface area is 117 Å². The fourth-order valence-corrected chi connectivity index (χ4v) is 2.52. The van der Waals surface area contributed by atoms with Gasteiger partial charge in [0.15, 0.2) is 0 Å². The second-order valence-electron chi connectivity index (χ2n) is 4.93. The normalized spacial score (nSPS) is 12.7. The zero-order valence-corrected chi connectivity index (χ0v) is 12.9. The third-order valence-corrected chi connectivity index (χ3v) is 3.30. The van der Waals surface area contributed by atoms with E-state index < -0.39 is 0 Å². The lowest BCUT2D eigenvalue weighted by atomic mass is 9.94. The molecule has 0 radical (unpaired) electrons. The molecule has 1 N–H and O–H groups in total. The number of hydrogen-bond donors (Lipinski definition) is 1. The molecular weight excluding hydrogens is 238 g/mol. The minimum Gasteiger partial charge on any atom is -0.379 e. The number of hydrogen-bond acceptors (Lipinski definition) is 3. The van der Waals surface area contributed by atoms with Gasteiger partial charge >= 0.3 is 0 Å². The lowest BCUT2D eigenvalue weighted by molar-refractivity contribution is 0.0440. The fraction of sp³-hybridized carbons (Fsp3) is 0.625. The molecule has 0 heterocycles. The highest BCUT2D eigenvalue weighted by atomic mass is 16.5. The molecular formula is C16H27NO2. The molecule has 1 aromatic carbocycles. The summed E-state index contributed by atoms with van der Waals surface area (Å²) in [7, 11) is 1.98. The second-order valence-corrected chi connectivity index (χ2v) is 4.93. The first-order chi connectivity index (χ1) is 9.10. The van der Waals surface area contributed by atoms with Crippen LogP contribution in [0.5, 0.6) is 0 Å². The first kappa shape index (κ1) is 16.2. The van der Waals surface area contributed by atoms with Gasteiger partial charge in [-0.05, 0) is 51.4 Å². The summed E-state index contributed by atoms with van der Waals surface area (Å²) in [5.74, 6) is 0. The molecule has 1 rings (SSSR count). The fourth-order valence-electron chi connectivity index (χ4n) is 2.52. The molecule has 0 spiro atoms. The van der Waals surface area contributed by atoms with E-state index in [1.807, 2.05) is 14.0 Å². The minimum atomic E-state index is 0.238. The highest BCUT2D eigenvalue weighted by molar-refractivity contribution is 5.39. The van der Waals surface area contributed by atoms with Gasteiger partial charge in [-0.1, -0.05) is 17.7 Å². The van der Waals surface area contributed by atoms with Crippen LogP contribution in [0.4, 0.5) is 0 Å². The van der Waals surface area contributed by atoms with E-state index in [2.05, 4.69) is 38.2 Å². The highest BCUT2D eigenvalue weighted by Crippen LogP contribution is 2.23.